The van der Waals surface area contributed by atoms with Crippen molar-refractivity contribution in [2.24, 2.45) is 0 Å². The first-order chi connectivity index (χ1) is 7.72. The Morgan fingerprint density at radius 3 is 2.19 bits per heavy atom. The van der Waals surface area contributed by atoms with E-state index < -0.39 is 0 Å². The highest BCUT2D eigenvalue weighted by Crippen LogP contribution is 2.29. The van der Waals surface area contributed by atoms with Crippen LogP contribution in [0.1, 0.15) is 24.0 Å². The summed E-state index contributed by atoms with van der Waals surface area (Å²) >= 11 is 0. The van der Waals surface area contributed by atoms with E-state index in [-0.39, 0.29) is 0 Å². The van der Waals surface area contributed by atoms with Crippen LogP contribution in [0.2, 0.25) is 0 Å². The summed E-state index contributed by atoms with van der Waals surface area (Å²) in [7, 11) is 3.31. The number of unbranched alkanes of at least 4 members (excludes halogenated alkanes) is 1. The first kappa shape index (κ1) is 12.4. The van der Waals surface area contributed by atoms with Gasteiger partial charge in [-0.15, -0.1) is 0 Å². The normalized spacial score (nSPS) is 9.62. The number of aryl methyl sites for hydroxylation is 1. The number of hydrogen-bond donors (Lipinski definition) is 0. The van der Waals surface area contributed by atoms with Crippen LogP contribution in [0.15, 0.2) is 12.1 Å². The number of methoxy groups -OCH3 is 2. The van der Waals surface area contributed by atoms with Gasteiger partial charge in [0.15, 0.2) is 0 Å². The molecule has 1 aromatic carbocycles. The molecule has 0 saturated heterocycles. The standard InChI is InChI=1S/C13H17NO2/c1-10-12(15-2)8-11(6-4-5-7-14)9-13(10)16-3/h8-9H,4-6H2,1-3H3. The fourth-order valence-corrected chi connectivity index (χ4v) is 1.66. The predicted octanol–water partition coefficient (Wildman–Crippen LogP) is 2.86. The molecule has 0 amide bonds. The van der Waals surface area contributed by atoms with Crippen LogP contribution in [0.25, 0.3) is 0 Å². The monoisotopic (exact) mass is 219 g/mol. The third kappa shape index (κ3) is 2.90. The van der Waals surface area contributed by atoms with Gasteiger partial charge in [0, 0.05) is 12.0 Å². The Morgan fingerprint density at radius 2 is 1.75 bits per heavy atom. The lowest BCUT2D eigenvalue weighted by Crippen LogP contribution is -1.95. The summed E-state index contributed by atoms with van der Waals surface area (Å²) in [4.78, 5) is 0. The molecule has 0 aliphatic carbocycles. The molecule has 0 heterocycles. The van der Waals surface area contributed by atoms with E-state index in [2.05, 4.69) is 6.07 Å². The summed E-state index contributed by atoms with van der Waals surface area (Å²) in [6, 6.07) is 6.16. The maximum atomic E-state index is 8.49. The summed E-state index contributed by atoms with van der Waals surface area (Å²) in [5, 5.41) is 8.49. The van der Waals surface area contributed by atoms with Gasteiger partial charge in [0.2, 0.25) is 0 Å². The van der Waals surface area contributed by atoms with Crippen molar-refractivity contribution < 1.29 is 9.47 Å². The van der Waals surface area contributed by atoms with E-state index in [1.54, 1.807) is 14.2 Å². The van der Waals surface area contributed by atoms with Crippen molar-refractivity contribution in [3.63, 3.8) is 0 Å². The van der Waals surface area contributed by atoms with Gasteiger partial charge in [0.05, 0.1) is 20.3 Å². The van der Waals surface area contributed by atoms with Gasteiger partial charge in [-0.3, -0.25) is 0 Å². The van der Waals surface area contributed by atoms with Crippen LogP contribution in [-0.2, 0) is 6.42 Å². The van der Waals surface area contributed by atoms with Gasteiger partial charge in [0.1, 0.15) is 11.5 Å². The fraction of sp³-hybridized carbons (Fsp3) is 0.462. The molecule has 1 rings (SSSR count). The molecular weight excluding hydrogens is 202 g/mol. The summed E-state index contributed by atoms with van der Waals surface area (Å²) < 4.78 is 10.6. The van der Waals surface area contributed by atoms with E-state index >= 15 is 0 Å². The highest BCUT2D eigenvalue weighted by molar-refractivity contribution is 5.47. The van der Waals surface area contributed by atoms with E-state index in [0.717, 1.165) is 35.5 Å². The van der Waals surface area contributed by atoms with Crippen LogP contribution in [-0.4, -0.2) is 14.2 Å². The first-order valence-corrected chi connectivity index (χ1v) is 5.31. The molecule has 0 radical (unpaired) electrons. The highest BCUT2D eigenvalue weighted by atomic mass is 16.5. The number of hydrogen-bond acceptors (Lipinski definition) is 3. The molecule has 0 N–H and O–H groups in total. The van der Waals surface area contributed by atoms with Crippen molar-refractivity contribution in [3.05, 3.63) is 23.3 Å². The molecule has 1 aromatic rings. The quantitative estimate of drug-likeness (QED) is 0.715. The van der Waals surface area contributed by atoms with E-state index in [9.17, 15) is 0 Å². The van der Waals surface area contributed by atoms with E-state index in [0.29, 0.717) is 6.42 Å². The van der Waals surface area contributed by atoms with Crippen LogP contribution >= 0.6 is 0 Å². The average molecular weight is 219 g/mol. The Kier molecular flexibility index (Phi) is 4.65. The molecule has 0 unspecified atom stereocenters. The van der Waals surface area contributed by atoms with Crippen molar-refractivity contribution in [1.29, 1.82) is 5.26 Å². The van der Waals surface area contributed by atoms with Gasteiger partial charge < -0.3 is 9.47 Å². The molecule has 86 valence electrons. The Labute approximate surface area is 96.6 Å². The molecule has 0 aliphatic rings. The second kappa shape index (κ2) is 6.02. The van der Waals surface area contributed by atoms with E-state index in [1.165, 1.54) is 0 Å². The van der Waals surface area contributed by atoms with Crippen LogP contribution in [0.4, 0.5) is 0 Å². The molecule has 0 spiro atoms. The lowest BCUT2D eigenvalue weighted by Gasteiger charge is -2.12. The summed E-state index contributed by atoms with van der Waals surface area (Å²) in [5.74, 6) is 1.68. The lowest BCUT2D eigenvalue weighted by molar-refractivity contribution is 0.388. The number of rotatable bonds is 5. The Morgan fingerprint density at radius 1 is 1.19 bits per heavy atom. The SMILES string of the molecule is COc1cc(CCCC#N)cc(OC)c1C. The van der Waals surface area contributed by atoms with E-state index in [4.69, 9.17) is 14.7 Å². The van der Waals surface area contributed by atoms with Gasteiger partial charge >= 0.3 is 0 Å². The second-order valence-electron chi connectivity index (χ2n) is 3.64. The zero-order chi connectivity index (χ0) is 12.0. The summed E-state index contributed by atoms with van der Waals surface area (Å²) in [6.07, 6.45) is 2.32. The van der Waals surface area contributed by atoms with Crippen molar-refractivity contribution in [1.82, 2.24) is 0 Å². The molecule has 3 nitrogen and oxygen atoms in total. The zero-order valence-electron chi connectivity index (χ0n) is 10.0. The molecule has 3 heteroatoms. The third-order valence-corrected chi connectivity index (χ3v) is 2.57. The lowest BCUT2D eigenvalue weighted by atomic mass is 10.0. The molecule has 0 bridgehead atoms. The minimum Gasteiger partial charge on any atom is -0.496 e. The van der Waals surface area contributed by atoms with Gasteiger partial charge in [-0.05, 0) is 37.5 Å². The van der Waals surface area contributed by atoms with Crippen LogP contribution in [0, 0.1) is 18.3 Å². The molecule has 0 fully saturated rings. The first-order valence-electron chi connectivity index (χ1n) is 5.31. The van der Waals surface area contributed by atoms with E-state index in [1.807, 2.05) is 19.1 Å². The Hall–Kier alpha value is -1.69. The molecule has 0 saturated carbocycles. The van der Waals surface area contributed by atoms with Gasteiger partial charge in [-0.1, -0.05) is 0 Å². The largest absolute Gasteiger partial charge is 0.496 e. The summed E-state index contributed by atoms with van der Waals surface area (Å²) in [5.41, 5.74) is 2.16. The molecule has 0 atom stereocenters. The summed E-state index contributed by atoms with van der Waals surface area (Å²) in [6.45, 7) is 1.97. The average Bonchev–Trinajstić information content (AvgIpc) is 2.31. The molecule has 0 aliphatic heterocycles. The van der Waals surface area contributed by atoms with Crippen LogP contribution < -0.4 is 9.47 Å². The molecular formula is C13H17NO2. The highest BCUT2D eigenvalue weighted by Gasteiger charge is 2.07. The van der Waals surface area contributed by atoms with Crippen molar-refractivity contribution >= 4 is 0 Å². The Balaban J connectivity index is 2.90. The van der Waals surface area contributed by atoms with Gasteiger partial charge in [-0.25, -0.2) is 0 Å². The maximum absolute atomic E-state index is 8.49. The third-order valence-electron chi connectivity index (χ3n) is 2.57. The topological polar surface area (TPSA) is 42.2 Å². The number of nitrogens with zero attached hydrogens (tertiary/aromatic N) is 1. The smallest absolute Gasteiger partial charge is 0.125 e. The van der Waals surface area contributed by atoms with Gasteiger partial charge in [-0.2, -0.15) is 5.26 Å². The van der Waals surface area contributed by atoms with Crippen molar-refractivity contribution in [2.75, 3.05) is 14.2 Å². The number of nitriles is 1. The van der Waals surface area contributed by atoms with Crippen molar-refractivity contribution in [2.45, 2.75) is 26.2 Å². The molecule has 0 aromatic heterocycles. The fourth-order valence-electron chi connectivity index (χ4n) is 1.66. The molecule has 16 heavy (non-hydrogen) atoms. The minimum atomic E-state index is 0.582. The maximum Gasteiger partial charge on any atom is 0.125 e. The minimum absolute atomic E-state index is 0.582. The zero-order valence-corrected chi connectivity index (χ0v) is 10.0. The predicted molar refractivity (Wildman–Crippen MR) is 62.8 cm³/mol. The second-order valence-corrected chi connectivity index (χ2v) is 3.64. The number of benzene rings is 1. The van der Waals surface area contributed by atoms with Crippen LogP contribution in [0.3, 0.4) is 0 Å². The number of ether oxygens (including phenoxy) is 2. The van der Waals surface area contributed by atoms with Crippen LogP contribution in [0.5, 0.6) is 11.5 Å². The Bertz CT molecular complexity index is 368. The van der Waals surface area contributed by atoms with Gasteiger partial charge in [0.25, 0.3) is 0 Å². The van der Waals surface area contributed by atoms with Crippen molar-refractivity contribution in [3.8, 4) is 17.6 Å².